The first-order valence-corrected chi connectivity index (χ1v) is 9.09. The molecule has 7 heteroatoms. The monoisotopic (exact) mass is 343 g/mol. The number of imidazole rings is 1. The Kier molecular flexibility index (Phi) is 5.73. The first kappa shape index (κ1) is 17.5. The first-order chi connectivity index (χ1) is 12.2. The second-order valence-corrected chi connectivity index (χ2v) is 6.73. The Labute approximate surface area is 149 Å². The van der Waals surface area contributed by atoms with Crippen molar-refractivity contribution in [2.75, 3.05) is 26.7 Å². The van der Waals surface area contributed by atoms with Crippen molar-refractivity contribution >= 4 is 5.96 Å². The summed E-state index contributed by atoms with van der Waals surface area (Å²) in [6.45, 7) is 6.09. The van der Waals surface area contributed by atoms with Crippen molar-refractivity contribution in [3.05, 3.63) is 36.2 Å². The maximum absolute atomic E-state index is 4.46. The number of nitrogens with zero attached hydrogens (tertiary/aromatic N) is 6. The summed E-state index contributed by atoms with van der Waals surface area (Å²) in [6.07, 6.45) is 11.4. The lowest BCUT2D eigenvalue weighted by Crippen LogP contribution is -2.40. The van der Waals surface area contributed by atoms with Crippen molar-refractivity contribution < 1.29 is 0 Å². The van der Waals surface area contributed by atoms with Gasteiger partial charge in [0.05, 0.1) is 6.20 Å². The zero-order chi connectivity index (χ0) is 17.6. The van der Waals surface area contributed by atoms with E-state index in [0.29, 0.717) is 5.92 Å². The van der Waals surface area contributed by atoms with Crippen molar-refractivity contribution in [2.24, 2.45) is 12.0 Å². The topological polar surface area (TPSA) is 63.3 Å². The zero-order valence-corrected chi connectivity index (χ0v) is 15.5. The Morgan fingerprint density at radius 3 is 2.96 bits per heavy atom. The summed E-state index contributed by atoms with van der Waals surface area (Å²) in [5.41, 5.74) is 1.33. The van der Waals surface area contributed by atoms with E-state index >= 15 is 0 Å². The van der Waals surface area contributed by atoms with Crippen molar-refractivity contribution in [2.45, 2.75) is 38.6 Å². The SMILES string of the molecule is CN=C(NCCCCn1ccnc1C)N1CCC(c2cnn(C)c2)C1. The molecule has 7 nitrogen and oxygen atoms in total. The summed E-state index contributed by atoms with van der Waals surface area (Å²) >= 11 is 0. The third kappa shape index (κ3) is 4.41. The minimum atomic E-state index is 0.552. The van der Waals surface area contributed by atoms with Crippen LogP contribution in [0.4, 0.5) is 0 Å². The Balaban J connectivity index is 1.40. The smallest absolute Gasteiger partial charge is 0.193 e. The Morgan fingerprint density at radius 2 is 2.28 bits per heavy atom. The molecular formula is C18H29N7. The van der Waals surface area contributed by atoms with E-state index in [9.17, 15) is 0 Å². The number of hydrogen-bond donors (Lipinski definition) is 1. The van der Waals surface area contributed by atoms with Gasteiger partial charge < -0.3 is 14.8 Å². The average molecular weight is 343 g/mol. The van der Waals surface area contributed by atoms with Gasteiger partial charge in [0.25, 0.3) is 0 Å². The van der Waals surface area contributed by atoms with Gasteiger partial charge in [-0.3, -0.25) is 9.67 Å². The molecule has 0 amide bonds. The number of aromatic nitrogens is 4. The molecule has 1 unspecified atom stereocenters. The van der Waals surface area contributed by atoms with E-state index in [1.165, 1.54) is 5.56 Å². The predicted octanol–water partition coefficient (Wildman–Crippen LogP) is 1.77. The van der Waals surface area contributed by atoms with E-state index in [2.05, 4.69) is 36.1 Å². The van der Waals surface area contributed by atoms with Crippen LogP contribution in [0.25, 0.3) is 0 Å². The molecule has 3 rings (SSSR count). The number of hydrogen-bond acceptors (Lipinski definition) is 3. The van der Waals surface area contributed by atoms with Crippen molar-refractivity contribution in [3.63, 3.8) is 0 Å². The van der Waals surface area contributed by atoms with Crippen LogP contribution in [0.1, 0.15) is 36.6 Å². The van der Waals surface area contributed by atoms with E-state index in [1.54, 1.807) is 0 Å². The number of unbranched alkanes of at least 4 members (excludes halogenated alkanes) is 1. The molecule has 1 N–H and O–H groups in total. The van der Waals surface area contributed by atoms with Crippen LogP contribution in [-0.4, -0.2) is 56.9 Å². The lowest BCUT2D eigenvalue weighted by molar-refractivity contribution is 0.481. The molecule has 1 fully saturated rings. The van der Waals surface area contributed by atoms with Crippen molar-refractivity contribution in [3.8, 4) is 0 Å². The number of rotatable bonds is 6. The number of likely N-dealkylation sites (tertiary alicyclic amines) is 1. The van der Waals surface area contributed by atoms with Crippen molar-refractivity contribution in [1.29, 1.82) is 0 Å². The molecule has 0 radical (unpaired) electrons. The van der Waals surface area contributed by atoms with Crippen LogP contribution in [0.5, 0.6) is 0 Å². The lowest BCUT2D eigenvalue weighted by atomic mass is 10.0. The Hall–Kier alpha value is -2.31. The van der Waals surface area contributed by atoms with Crippen LogP contribution < -0.4 is 5.32 Å². The lowest BCUT2D eigenvalue weighted by Gasteiger charge is -2.21. The average Bonchev–Trinajstić information content (AvgIpc) is 3.33. The van der Waals surface area contributed by atoms with Crippen LogP contribution in [0.3, 0.4) is 0 Å². The van der Waals surface area contributed by atoms with Gasteiger partial charge in [-0.05, 0) is 31.7 Å². The number of aryl methyl sites for hydroxylation is 3. The standard InChI is InChI=1S/C18H29N7/c1-15-20-8-11-24(15)9-5-4-7-21-18(19-2)25-10-6-16(14-25)17-12-22-23(3)13-17/h8,11-13,16H,4-7,9-10,14H2,1-3H3,(H,19,21). The first-order valence-electron chi connectivity index (χ1n) is 9.09. The van der Waals surface area contributed by atoms with Crippen LogP contribution in [-0.2, 0) is 13.6 Å². The van der Waals surface area contributed by atoms with Gasteiger partial charge in [0.2, 0.25) is 0 Å². The highest BCUT2D eigenvalue weighted by Gasteiger charge is 2.26. The van der Waals surface area contributed by atoms with Gasteiger partial charge in [-0.2, -0.15) is 5.10 Å². The second-order valence-electron chi connectivity index (χ2n) is 6.73. The van der Waals surface area contributed by atoms with Crippen LogP contribution in [0, 0.1) is 6.92 Å². The van der Waals surface area contributed by atoms with Gasteiger partial charge in [-0.1, -0.05) is 0 Å². The number of aliphatic imine (C=N–C) groups is 1. The highest BCUT2D eigenvalue weighted by atomic mass is 15.3. The molecule has 0 aliphatic carbocycles. The van der Waals surface area contributed by atoms with Gasteiger partial charge in [-0.25, -0.2) is 4.98 Å². The van der Waals surface area contributed by atoms with Gasteiger partial charge >= 0.3 is 0 Å². The van der Waals surface area contributed by atoms with E-state index in [1.807, 2.05) is 44.3 Å². The van der Waals surface area contributed by atoms with E-state index in [-0.39, 0.29) is 0 Å². The molecular weight excluding hydrogens is 314 g/mol. The fourth-order valence-corrected chi connectivity index (χ4v) is 3.46. The van der Waals surface area contributed by atoms with E-state index < -0.39 is 0 Å². The molecule has 1 atom stereocenters. The van der Waals surface area contributed by atoms with Crippen molar-refractivity contribution in [1.82, 2.24) is 29.5 Å². The third-order valence-electron chi connectivity index (χ3n) is 4.93. The molecule has 3 heterocycles. The maximum Gasteiger partial charge on any atom is 0.193 e. The molecule has 0 spiro atoms. The van der Waals surface area contributed by atoms with Gasteiger partial charge in [0.1, 0.15) is 5.82 Å². The maximum atomic E-state index is 4.46. The second kappa shape index (κ2) is 8.18. The van der Waals surface area contributed by atoms with Crippen LogP contribution in [0.2, 0.25) is 0 Å². The fraction of sp³-hybridized carbons (Fsp3) is 0.611. The number of nitrogens with one attached hydrogen (secondary N) is 1. The quantitative estimate of drug-likeness (QED) is 0.493. The molecule has 0 bridgehead atoms. The Morgan fingerprint density at radius 1 is 1.40 bits per heavy atom. The predicted molar refractivity (Wildman–Crippen MR) is 99.7 cm³/mol. The van der Waals surface area contributed by atoms with Crippen LogP contribution >= 0.6 is 0 Å². The minimum Gasteiger partial charge on any atom is -0.356 e. The van der Waals surface area contributed by atoms with E-state index in [4.69, 9.17) is 0 Å². The summed E-state index contributed by atoms with van der Waals surface area (Å²) in [5.74, 6) is 2.66. The van der Waals surface area contributed by atoms with Gasteiger partial charge in [-0.15, -0.1) is 0 Å². The molecule has 1 saturated heterocycles. The summed E-state index contributed by atoms with van der Waals surface area (Å²) in [5, 5.41) is 7.81. The summed E-state index contributed by atoms with van der Waals surface area (Å²) in [6, 6.07) is 0. The van der Waals surface area contributed by atoms with Gasteiger partial charge in [0.15, 0.2) is 5.96 Å². The molecule has 0 saturated carbocycles. The zero-order valence-electron chi connectivity index (χ0n) is 15.5. The molecule has 1 aliphatic rings. The number of guanidine groups is 1. The molecule has 1 aliphatic heterocycles. The molecule has 2 aromatic rings. The largest absolute Gasteiger partial charge is 0.356 e. The summed E-state index contributed by atoms with van der Waals surface area (Å²) in [7, 11) is 3.84. The summed E-state index contributed by atoms with van der Waals surface area (Å²) < 4.78 is 4.08. The normalized spacial score (nSPS) is 18.1. The highest BCUT2D eigenvalue weighted by Crippen LogP contribution is 2.26. The van der Waals surface area contributed by atoms with E-state index in [0.717, 1.165) is 57.2 Å². The molecule has 25 heavy (non-hydrogen) atoms. The molecule has 136 valence electrons. The summed E-state index contributed by atoms with van der Waals surface area (Å²) in [4.78, 5) is 11.1. The third-order valence-corrected chi connectivity index (χ3v) is 4.93. The highest BCUT2D eigenvalue weighted by molar-refractivity contribution is 5.80. The fourth-order valence-electron chi connectivity index (χ4n) is 3.46. The Bertz CT molecular complexity index is 700. The minimum absolute atomic E-state index is 0.552. The molecule has 2 aromatic heterocycles. The molecule has 0 aromatic carbocycles. The van der Waals surface area contributed by atoms with Crippen LogP contribution in [0.15, 0.2) is 29.8 Å². The van der Waals surface area contributed by atoms with Gasteiger partial charge in [0, 0.05) is 64.8 Å².